The Morgan fingerprint density at radius 2 is 1.21 bits per heavy atom. The fourth-order valence-electron chi connectivity index (χ4n) is 5.90. The van der Waals surface area contributed by atoms with Crippen LogP contribution in [0.2, 0.25) is 0 Å². The molecular weight excluding hydrogens is 535 g/mol. The van der Waals surface area contributed by atoms with Crippen molar-refractivity contribution in [3.8, 4) is 39.7 Å². The van der Waals surface area contributed by atoms with Gasteiger partial charge in [0.1, 0.15) is 17.3 Å². The average Bonchev–Trinajstić information content (AvgIpc) is 3.45. The van der Waals surface area contributed by atoms with E-state index in [0.717, 1.165) is 55.1 Å². The van der Waals surface area contributed by atoms with Gasteiger partial charge in [0, 0.05) is 16.6 Å². The van der Waals surface area contributed by atoms with Gasteiger partial charge in [0.25, 0.3) is 0 Å². The van der Waals surface area contributed by atoms with Crippen LogP contribution in [-0.4, -0.2) is 9.55 Å². The molecular formula is C37H25N2O2P. The van der Waals surface area contributed by atoms with Crippen LogP contribution in [0.25, 0.3) is 39.2 Å². The highest BCUT2D eigenvalue weighted by molar-refractivity contribution is 7.85. The lowest BCUT2D eigenvalue weighted by Crippen LogP contribution is -2.30. The second kappa shape index (κ2) is 9.73. The Labute approximate surface area is 243 Å². The summed E-state index contributed by atoms with van der Waals surface area (Å²) in [7, 11) is -3.11. The summed E-state index contributed by atoms with van der Waals surface area (Å²) in [6, 6.07) is 50.4. The minimum atomic E-state index is -3.11. The maximum absolute atomic E-state index is 14.9. The zero-order chi connectivity index (χ0) is 28.1. The summed E-state index contributed by atoms with van der Waals surface area (Å²) in [4.78, 5) is 5.00. The molecule has 0 N–H and O–H groups in total. The average molecular weight is 561 g/mol. The van der Waals surface area contributed by atoms with Crippen LogP contribution < -0.4 is 20.7 Å². The summed E-state index contributed by atoms with van der Waals surface area (Å²) in [5.41, 5.74) is 6.07. The Balaban J connectivity index is 1.28. The fourth-order valence-corrected chi connectivity index (χ4v) is 8.74. The van der Waals surface area contributed by atoms with Crippen LogP contribution in [0.4, 0.5) is 0 Å². The van der Waals surface area contributed by atoms with E-state index in [4.69, 9.17) is 9.72 Å². The van der Waals surface area contributed by atoms with E-state index in [1.807, 2.05) is 103 Å². The van der Waals surface area contributed by atoms with Crippen LogP contribution in [0.15, 0.2) is 152 Å². The largest absolute Gasteiger partial charge is 0.456 e. The molecule has 7 aromatic rings. The molecule has 6 aromatic carbocycles. The van der Waals surface area contributed by atoms with E-state index in [1.54, 1.807) is 0 Å². The molecule has 0 aliphatic carbocycles. The second-order valence-electron chi connectivity index (χ2n) is 10.4. The molecule has 1 aliphatic rings. The molecule has 42 heavy (non-hydrogen) atoms. The summed E-state index contributed by atoms with van der Waals surface area (Å²) in [5.74, 6) is 2.16. The molecule has 0 spiro atoms. The zero-order valence-electron chi connectivity index (χ0n) is 22.6. The first-order chi connectivity index (χ1) is 20.7. The monoisotopic (exact) mass is 560 g/mol. The summed E-state index contributed by atoms with van der Waals surface area (Å²) in [5, 5.41) is 2.26. The van der Waals surface area contributed by atoms with E-state index in [0.29, 0.717) is 11.5 Å². The van der Waals surface area contributed by atoms with Gasteiger partial charge in [-0.15, -0.1) is 0 Å². The van der Waals surface area contributed by atoms with Crippen molar-refractivity contribution < 1.29 is 9.30 Å². The Bertz CT molecular complexity index is 2150. The number of fused-ring (bicyclic) bond motifs is 3. The standard InChI is InChI=1S/C37H25N2O2P/c40-42(30-16-5-2-6-17-30)35-21-10-9-20-33(35)41-34-25-28(22-23-36(34)42)27-14-11-15-29(24-27)39-32-19-8-7-18-31(32)38-37(39)26-12-3-1-4-13-26/h1-25H. The van der Waals surface area contributed by atoms with Crippen LogP contribution in [0.3, 0.4) is 0 Å². The predicted octanol–water partition coefficient (Wildman–Crippen LogP) is 8.10. The van der Waals surface area contributed by atoms with E-state index in [-0.39, 0.29) is 0 Å². The third kappa shape index (κ3) is 3.84. The van der Waals surface area contributed by atoms with Crippen LogP contribution in [-0.2, 0) is 4.57 Å². The minimum absolute atomic E-state index is 0.627. The number of imidazole rings is 1. The fraction of sp³-hybridized carbons (Fsp3) is 0. The molecule has 0 fully saturated rings. The Hall–Kier alpha value is -5.18. The van der Waals surface area contributed by atoms with Gasteiger partial charge in [0.15, 0.2) is 7.14 Å². The first-order valence-corrected chi connectivity index (χ1v) is 15.6. The number of rotatable bonds is 4. The van der Waals surface area contributed by atoms with E-state index in [9.17, 15) is 4.57 Å². The lowest BCUT2D eigenvalue weighted by atomic mass is 10.0. The number of ether oxygens (including phenoxy) is 1. The van der Waals surface area contributed by atoms with E-state index in [2.05, 4.69) is 53.1 Å². The van der Waals surface area contributed by atoms with Crippen molar-refractivity contribution in [3.05, 3.63) is 152 Å². The van der Waals surface area contributed by atoms with Gasteiger partial charge in [0.05, 0.1) is 21.6 Å². The number of hydrogen-bond acceptors (Lipinski definition) is 3. The van der Waals surface area contributed by atoms with Gasteiger partial charge in [-0.1, -0.05) is 103 Å². The molecule has 8 rings (SSSR count). The third-order valence-corrected chi connectivity index (χ3v) is 11.0. The normalized spacial score (nSPS) is 15.5. The van der Waals surface area contributed by atoms with Gasteiger partial charge in [-0.05, 0) is 59.7 Å². The molecule has 0 radical (unpaired) electrons. The van der Waals surface area contributed by atoms with Crippen LogP contribution in [0.1, 0.15) is 0 Å². The molecule has 0 bridgehead atoms. The highest BCUT2D eigenvalue weighted by Crippen LogP contribution is 2.52. The lowest BCUT2D eigenvalue weighted by molar-refractivity contribution is 0.485. The Morgan fingerprint density at radius 1 is 0.548 bits per heavy atom. The summed E-state index contributed by atoms with van der Waals surface area (Å²) >= 11 is 0. The molecule has 1 aromatic heterocycles. The molecule has 1 aliphatic heterocycles. The van der Waals surface area contributed by atoms with Gasteiger partial charge in [-0.2, -0.15) is 0 Å². The Kier molecular flexibility index (Phi) is 5.70. The summed E-state index contributed by atoms with van der Waals surface area (Å²) in [6.45, 7) is 0. The van der Waals surface area contributed by atoms with Gasteiger partial charge < -0.3 is 9.30 Å². The molecule has 4 nitrogen and oxygen atoms in total. The quantitative estimate of drug-likeness (QED) is 0.204. The minimum Gasteiger partial charge on any atom is -0.456 e. The van der Waals surface area contributed by atoms with Gasteiger partial charge in [0.2, 0.25) is 0 Å². The van der Waals surface area contributed by atoms with Crippen molar-refractivity contribution in [3.63, 3.8) is 0 Å². The smallest absolute Gasteiger partial charge is 0.178 e. The number of para-hydroxylation sites is 3. The van der Waals surface area contributed by atoms with Gasteiger partial charge in [-0.3, -0.25) is 4.57 Å². The maximum atomic E-state index is 14.9. The molecule has 5 heteroatoms. The summed E-state index contributed by atoms with van der Waals surface area (Å²) < 4.78 is 23.6. The van der Waals surface area contributed by atoms with Crippen molar-refractivity contribution in [1.29, 1.82) is 0 Å². The molecule has 0 saturated carbocycles. The van der Waals surface area contributed by atoms with Gasteiger partial charge in [-0.25, -0.2) is 4.98 Å². The van der Waals surface area contributed by atoms with E-state index in [1.165, 1.54) is 0 Å². The van der Waals surface area contributed by atoms with Crippen molar-refractivity contribution in [1.82, 2.24) is 9.55 Å². The zero-order valence-corrected chi connectivity index (χ0v) is 23.5. The van der Waals surface area contributed by atoms with Crippen molar-refractivity contribution in [2.45, 2.75) is 0 Å². The van der Waals surface area contributed by atoms with Crippen molar-refractivity contribution in [2.75, 3.05) is 0 Å². The van der Waals surface area contributed by atoms with Crippen molar-refractivity contribution in [2.24, 2.45) is 0 Å². The molecule has 1 atom stereocenters. The molecule has 200 valence electrons. The van der Waals surface area contributed by atoms with Gasteiger partial charge >= 0.3 is 0 Å². The third-order valence-electron chi connectivity index (χ3n) is 7.87. The number of nitrogens with zero attached hydrogens (tertiary/aromatic N) is 2. The van der Waals surface area contributed by atoms with Crippen LogP contribution >= 0.6 is 7.14 Å². The topological polar surface area (TPSA) is 44.1 Å². The molecule has 0 amide bonds. The molecule has 1 unspecified atom stereocenters. The van der Waals surface area contributed by atoms with Crippen LogP contribution in [0, 0.1) is 0 Å². The predicted molar refractivity (Wildman–Crippen MR) is 171 cm³/mol. The molecule has 2 heterocycles. The first-order valence-electron chi connectivity index (χ1n) is 13.9. The number of benzene rings is 6. The SMILES string of the molecule is O=P1(c2ccccc2)c2ccccc2Oc2cc(-c3cccc(-n4c(-c5ccccc5)nc5ccccc54)c3)ccc21. The highest BCUT2D eigenvalue weighted by atomic mass is 31.2. The maximum Gasteiger partial charge on any atom is 0.178 e. The second-order valence-corrected chi connectivity index (χ2v) is 13.1. The first kappa shape index (κ1) is 24.6. The number of hydrogen-bond donors (Lipinski definition) is 0. The molecule has 0 saturated heterocycles. The highest BCUT2D eigenvalue weighted by Gasteiger charge is 2.39. The van der Waals surface area contributed by atoms with Crippen LogP contribution in [0.5, 0.6) is 11.5 Å². The Morgan fingerprint density at radius 3 is 2.07 bits per heavy atom. The summed E-state index contributed by atoms with van der Waals surface area (Å²) in [6.07, 6.45) is 0. The van der Waals surface area contributed by atoms with E-state index < -0.39 is 7.14 Å². The number of aromatic nitrogens is 2. The van der Waals surface area contributed by atoms with E-state index >= 15 is 0 Å². The lowest BCUT2D eigenvalue weighted by Gasteiger charge is -2.29. The van der Waals surface area contributed by atoms with Crippen molar-refractivity contribution >= 4 is 34.1 Å².